The van der Waals surface area contributed by atoms with Crippen molar-refractivity contribution in [3.8, 4) is 5.75 Å². The van der Waals surface area contributed by atoms with Crippen LogP contribution in [0.3, 0.4) is 0 Å². The SMILES string of the molecule is Cc1nc2c(OCc3c(F)cccc3F)cccn2c1C(=O)NCC(C)N. The number of amides is 1. The Kier molecular flexibility index (Phi) is 5.36. The van der Waals surface area contributed by atoms with Crippen molar-refractivity contribution in [2.75, 3.05) is 6.54 Å². The van der Waals surface area contributed by atoms with Crippen LogP contribution in [0.15, 0.2) is 36.5 Å². The second kappa shape index (κ2) is 7.71. The molecule has 3 rings (SSSR count). The van der Waals surface area contributed by atoms with Crippen molar-refractivity contribution >= 4 is 11.6 Å². The predicted octanol–water partition coefficient (Wildman–Crippen LogP) is 2.58. The Morgan fingerprint density at radius 2 is 2.00 bits per heavy atom. The second-order valence-electron chi connectivity index (χ2n) is 6.29. The van der Waals surface area contributed by atoms with Gasteiger partial charge in [0.25, 0.3) is 5.91 Å². The second-order valence-corrected chi connectivity index (χ2v) is 6.29. The molecule has 2 aromatic heterocycles. The van der Waals surface area contributed by atoms with E-state index < -0.39 is 11.6 Å². The summed E-state index contributed by atoms with van der Waals surface area (Å²) >= 11 is 0. The molecule has 0 spiro atoms. The smallest absolute Gasteiger partial charge is 0.270 e. The number of ether oxygens (including phenoxy) is 1. The number of fused-ring (bicyclic) bond motifs is 1. The Labute approximate surface area is 155 Å². The number of imidazole rings is 1. The van der Waals surface area contributed by atoms with E-state index >= 15 is 0 Å². The fourth-order valence-electron chi connectivity index (χ4n) is 2.70. The third-order valence-corrected chi connectivity index (χ3v) is 4.02. The first kappa shape index (κ1) is 18.8. The zero-order chi connectivity index (χ0) is 19.6. The molecule has 142 valence electrons. The molecular formula is C19H20F2N4O2. The molecule has 1 atom stereocenters. The van der Waals surface area contributed by atoms with Crippen LogP contribution in [0.1, 0.15) is 28.7 Å². The van der Waals surface area contributed by atoms with Gasteiger partial charge in [-0.2, -0.15) is 0 Å². The van der Waals surface area contributed by atoms with Crippen LogP contribution in [0.2, 0.25) is 0 Å². The normalized spacial score (nSPS) is 12.2. The molecule has 27 heavy (non-hydrogen) atoms. The Morgan fingerprint density at radius 3 is 2.67 bits per heavy atom. The van der Waals surface area contributed by atoms with E-state index in [-0.39, 0.29) is 24.1 Å². The maximum atomic E-state index is 13.8. The van der Waals surface area contributed by atoms with Crippen LogP contribution in [0, 0.1) is 18.6 Å². The number of hydrogen-bond donors (Lipinski definition) is 2. The first-order valence-electron chi connectivity index (χ1n) is 8.45. The number of halogens is 2. The lowest BCUT2D eigenvalue weighted by Crippen LogP contribution is -2.35. The Bertz CT molecular complexity index is 965. The van der Waals surface area contributed by atoms with Crippen molar-refractivity contribution in [3.63, 3.8) is 0 Å². The quantitative estimate of drug-likeness (QED) is 0.695. The van der Waals surface area contributed by atoms with E-state index in [4.69, 9.17) is 10.5 Å². The molecule has 1 unspecified atom stereocenters. The number of carbonyl (C=O) groups is 1. The van der Waals surface area contributed by atoms with Gasteiger partial charge in [-0.25, -0.2) is 13.8 Å². The number of aromatic nitrogens is 2. The first-order chi connectivity index (χ1) is 12.9. The number of nitrogens with zero attached hydrogens (tertiary/aromatic N) is 2. The lowest BCUT2D eigenvalue weighted by atomic mass is 10.2. The summed E-state index contributed by atoms with van der Waals surface area (Å²) in [7, 11) is 0. The highest BCUT2D eigenvalue weighted by Gasteiger charge is 2.19. The number of hydrogen-bond acceptors (Lipinski definition) is 4. The standard InChI is InChI=1S/C19H20F2N4O2/c1-11(22)9-23-19(26)17-12(2)24-18-16(7-4-8-25(17)18)27-10-13-14(20)5-3-6-15(13)21/h3-8,11H,9-10,22H2,1-2H3,(H,23,26). The maximum Gasteiger partial charge on any atom is 0.270 e. The van der Waals surface area contributed by atoms with Gasteiger partial charge < -0.3 is 15.8 Å². The maximum absolute atomic E-state index is 13.8. The Hall–Kier alpha value is -3.00. The molecule has 0 aliphatic carbocycles. The van der Waals surface area contributed by atoms with Gasteiger partial charge in [-0.1, -0.05) is 6.07 Å². The van der Waals surface area contributed by atoms with Gasteiger partial charge in [0.15, 0.2) is 11.4 Å². The molecule has 8 heteroatoms. The molecule has 1 amide bonds. The summed E-state index contributed by atoms with van der Waals surface area (Å²) in [4.78, 5) is 16.8. The van der Waals surface area contributed by atoms with Crippen LogP contribution >= 0.6 is 0 Å². The van der Waals surface area contributed by atoms with Gasteiger partial charge in [0.05, 0.1) is 11.3 Å². The summed E-state index contributed by atoms with van der Waals surface area (Å²) < 4.78 is 34.8. The number of nitrogens with one attached hydrogen (secondary N) is 1. The van der Waals surface area contributed by atoms with Gasteiger partial charge in [0.2, 0.25) is 0 Å². The van der Waals surface area contributed by atoms with Crippen molar-refractivity contribution in [1.29, 1.82) is 0 Å². The molecule has 0 aliphatic rings. The summed E-state index contributed by atoms with van der Waals surface area (Å²) in [6.45, 7) is 3.52. The molecule has 3 N–H and O–H groups in total. The average molecular weight is 374 g/mol. The van der Waals surface area contributed by atoms with Crippen molar-refractivity contribution in [2.24, 2.45) is 5.73 Å². The summed E-state index contributed by atoms with van der Waals surface area (Å²) in [5.74, 6) is -1.36. The Balaban J connectivity index is 1.90. The zero-order valence-electron chi connectivity index (χ0n) is 15.0. The highest BCUT2D eigenvalue weighted by atomic mass is 19.1. The van der Waals surface area contributed by atoms with E-state index in [0.29, 0.717) is 29.3 Å². The molecule has 0 aliphatic heterocycles. The molecule has 0 fully saturated rings. The van der Waals surface area contributed by atoms with E-state index in [1.165, 1.54) is 18.2 Å². The van der Waals surface area contributed by atoms with Crippen LogP contribution in [0.5, 0.6) is 5.75 Å². The summed E-state index contributed by atoms with van der Waals surface area (Å²) in [6.07, 6.45) is 1.67. The summed E-state index contributed by atoms with van der Waals surface area (Å²) in [6, 6.07) is 6.75. The molecule has 6 nitrogen and oxygen atoms in total. The van der Waals surface area contributed by atoms with Crippen LogP contribution < -0.4 is 15.8 Å². The predicted molar refractivity (Wildman–Crippen MR) is 96.6 cm³/mol. The van der Waals surface area contributed by atoms with E-state index in [0.717, 1.165) is 0 Å². The minimum absolute atomic E-state index is 0.169. The lowest BCUT2D eigenvalue weighted by Gasteiger charge is -2.10. The minimum atomic E-state index is -0.683. The van der Waals surface area contributed by atoms with Crippen LogP contribution in [-0.4, -0.2) is 27.9 Å². The molecule has 0 radical (unpaired) electrons. The van der Waals surface area contributed by atoms with E-state index in [1.54, 1.807) is 36.6 Å². The molecule has 0 bridgehead atoms. The van der Waals surface area contributed by atoms with Gasteiger partial charge in [0.1, 0.15) is 23.9 Å². The zero-order valence-corrected chi connectivity index (χ0v) is 15.0. The number of carbonyl (C=O) groups excluding carboxylic acids is 1. The van der Waals surface area contributed by atoms with Crippen molar-refractivity contribution in [1.82, 2.24) is 14.7 Å². The summed E-state index contributed by atoms with van der Waals surface area (Å²) in [5.41, 5.74) is 6.75. The van der Waals surface area contributed by atoms with Crippen LogP contribution in [0.25, 0.3) is 5.65 Å². The fourth-order valence-corrected chi connectivity index (χ4v) is 2.70. The minimum Gasteiger partial charge on any atom is -0.485 e. The van der Waals surface area contributed by atoms with Gasteiger partial charge >= 0.3 is 0 Å². The average Bonchev–Trinajstić information content (AvgIpc) is 2.96. The van der Waals surface area contributed by atoms with Gasteiger partial charge in [0, 0.05) is 18.8 Å². The van der Waals surface area contributed by atoms with E-state index in [1.807, 2.05) is 0 Å². The summed E-state index contributed by atoms with van der Waals surface area (Å²) in [5, 5.41) is 2.74. The highest BCUT2D eigenvalue weighted by Crippen LogP contribution is 2.24. The van der Waals surface area contributed by atoms with Gasteiger partial charge in [-0.05, 0) is 38.1 Å². The van der Waals surface area contributed by atoms with E-state index in [2.05, 4.69) is 10.3 Å². The van der Waals surface area contributed by atoms with Crippen LogP contribution in [0.4, 0.5) is 8.78 Å². The third kappa shape index (κ3) is 3.90. The van der Waals surface area contributed by atoms with Gasteiger partial charge in [-0.3, -0.25) is 9.20 Å². The van der Waals surface area contributed by atoms with Crippen molar-refractivity contribution < 1.29 is 18.3 Å². The molecule has 2 heterocycles. The van der Waals surface area contributed by atoms with Crippen molar-refractivity contribution in [3.05, 3.63) is 65.1 Å². The van der Waals surface area contributed by atoms with E-state index in [9.17, 15) is 13.6 Å². The molecule has 3 aromatic rings. The topological polar surface area (TPSA) is 81.7 Å². The molecule has 0 saturated heterocycles. The molecule has 0 saturated carbocycles. The van der Waals surface area contributed by atoms with Crippen molar-refractivity contribution in [2.45, 2.75) is 26.5 Å². The number of pyridine rings is 1. The molecular weight excluding hydrogens is 354 g/mol. The number of benzene rings is 1. The lowest BCUT2D eigenvalue weighted by molar-refractivity contribution is 0.0945. The van der Waals surface area contributed by atoms with Crippen LogP contribution in [-0.2, 0) is 6.61 Å². The monoisotopic (exact) mass is 374 g/mol. The largest absolute Gasteiger partial charge is 0.485 e. The molecule has 1 aromatic carbocycles. The number of nitrogens with two attached hydrogens (primary N) is 1. The highest BCUT2D eigenvalue weighted by molar-refractivity contribution is 5.95. The Morgan fingerprint density at radius 1 is 1.30 bits per heavy atom. The van der Waals surface area contributed by atoms with Gasteiger partial charge in [-0.15, -0.1) is 0 Å². The third-order valence-electron chi connectivity index (χ3n) is 4.02. The number of rotatable bonds is 6. The first-order valence-corrected chi connectivity index (χ1v) is 8.45. The number of aryl methyl sites for hydroxylation is 1. The fraction of sp³-hybridized carbons (Fsp3) is 0.263.